The van der Waals surface area contributed by atoms with E-state index in [4.69, 9.17) is 24.5 Å². The smallest absolute Gasteiger partial charge is 0.414 e. The first kappa shape index (κ1) is 25.0. The maximum atomic E-state index is 12.4. The van der Waals surface area contributed by atoms with E-state index in [0.717, 1.165) is 44.6 Å². The van der Waals surface area contributed by atoms with E-state index in [1.807, 2.05) is 17.0 Å². The quantitative estimate of drug-likeness (QED) is 0.385. The number of hydrogen-bond donors (Lipinski definition) is 2. The number of nitro groups is 1. The standard InChI is InChI=1S/C19H25N3O4.C2H2O4/c23-19(15-20-10-12-26-13-11-20)21-8-6-16(7-9-21)4-5-17-2-1-3-18(14-17)22(24)25;3-1(4)2(5)6/h1-5,14,16H,6-13,15H2;(H,3,4)(H,5,6)/b5-4+;. The molecule has 1 aromatic carbocycles. The third kappa shape index (κ3) is 8.44. The molecule has 0 saturated carbocycles. The highest BCUT2D eigenvalue weighted by atomic mass is 16.6. The number of nitrogens with zero attached hydrogens (tertiary/aromatic N) is 3. The van der Waals surface area contributed by atoms with Crippen LogP contribution < -0.4 is 0 Å². The second kappa shape index (κ2) is 12.5. The average Bonchev–Trinajstić information content (AvgIpc) is 2.79. The molecule has 11 nitrogen and oxygen atoms in total. The van der Waals surface area contributed by atoms with Crippen LogP contribution in [0.4, 0.5) is 5.69 Å². The molecule has 2 aliphatic heterocycles. The van der Waals surface area contributed by atoms with E-state index in [-0.39, 0.29) is 16.5 Å². The summed E-state index contributed by atoms with van der Waals surface area (Å²) in [4.78, 5) is 45.2. The number of nitro benzene ring substituents is 1. The number of ether oxygens (including phenoxy) is 1. The lowest BCUT2D eigenvalue weighted by atomic mass is 9.95. The van der Waals surface area contributed by atoms with Gasteiger partial charge < -0.3 is 19.8 Å². The molecule has 0 spiro atoms. The molecule has 0 aliphatic carbocycles. The zero-order valence-corrected chi connectivity index (χ0v) is 17.6. The number of carboxylic acids is 2. The Morgan fingerprint density at radius 1 is 1.09 bits per heavy atom. The summed E-state index contributed by atoms with van der Waals surface area (Å²) >= 11 is 0. The van der Waals surface area contributed by atoms with Gasteiger partial charge in [0.05, 0.1) is 24.7 Å². The Morgan fingerprint density at radius 3 is 2.28 bits per heavy atom. The molecule has 2 saturated heterocycles. The minimum atomic E-state index is -1.82. The fourth-order valence-electron chi connectivity index (χ4n) is 3.38. The summed E-state index contributed by atoms with van der Waals surface area (Å²) in [6, 6.07) is 6.64. The van der Waals surface area contributed by atoms with Crippen molar-refractivity contribution in [2.24, 2.45) is 5.92 Å². The molecular weight excluding hydrogens is 422 g/mol. The number of hydrogen-bond acceptors (Lipinski definition) is 7. The lowest BCUT2D eigenvalue weighted by Gasteiger charge is -2.33. The number of allylic oxidation sites excluding steroid dienone is 1. The van der Waals surface area contributed by atoms with E-state index >= 15 is 0 Å². The largest absolute Gasteiger partial charge is 0.473 e. The van der Waals surface area contributed by atoms with Crippen LogP contribution in [0.2, 0.25) is 0 Å². The van der Waals surface area contributed by atoms with Gasteiger partial charge in [-0.25, -0.2) is 9.59 Å². The lowest BCUT2D eigenvalue weighted by molar-refractivity contribution is -0.384. The minimum Gasteiger partial charge on any atom is -0.473 e. The number of piperidine rings is 1. The van der Waals surface area contributed by atoms with Gasteiger partial charge in [0.15, 0.2) is 0 Å². The predicted octanol–water partition coefficient (Wildman–Crippen LogP) is 1.33. The van der Waals surface area contributed by atoms with Gasteiger partial charge in [0.25, 0.3) is 5.69 Å². The average molecular weight is 449 g/mol. The third-order valence-corrected chi connectivity index (χ3v) is 5.18. The highest BCUT2D eigenvalue weighted by Crippen LogP contribution is 2.21. The Hall–Kier alpha value is -3.31. The van der Waals surface area contributed by atoms with Gasteiger partial charge in [-0.2, -0.15) is 0 Å². The van der Waals surface area contributed by atoms with E-state index in [1.54, 1.807) is 12.1 Å². The van der Waals surface area contributed by atoms with Crippen molar-refractivity contribution in [3.8, 4) is 0 Å². The Bertz CT molecular complexity index is 831. The third-order valence-electron chi connectivity index (χ3n) is 5.18. The molecule has 3 rings (SSSR count). The molecule has 2 fully saturated rings. The first-order valence-corrected chi connectivity index (χ1v) is 10.2. The summed E-state index contributed by atoms with van der Waals surface area (Å²) in [5.74, 6) is -3.04. The molecule has 0 aromatic heterocycles. The van der Waals surface area contributed by atoms with Crippen molar-refractivity contribution in [3.63, 3.8) is 0 Å². The SMILES string of the molecule is O=C(CN1CCOCC1)N1CCC(/C=C/c2cccc([N+](=O)[O-])c2)CC1.O=C(O)C(=O)O. The second-order valence-corrected chi connectivity index (χ2v) is 7.43. The van der Waals surface area contributed by atoms with Crippen molar-refractivity contribution in [2.45, 2.75) is 12.8 Å². The van der Waals surface area contributed by atoms with Crippen LogP contribution in [0.3, 0.4) is 0 Å². The molecule has 2 aliphatic rings. The summed E-state index contributed by atoms with van der Waals surface area (Å²) in [6.45, 7) is 5.09. The summed E-state index contributed by atoms with van der Waals surface area (Å²) in [5, 5.41) is 25.6. The topological polar surface area (TPSA) is 151 Å². The number of likely N-dealkylation sites (tertiary alicyclic amines) is 1. The summed E-state index contributed by atoms with van der Waals surface area (Å²) in [6.07, 6.45) is 5.92. The van der Waals surface area contributed by atoms with Crippen LogP contribution in [0.5, 0.6) is 0 Å². The molecule has 2 N–H and O–H groups in total. The van der Waals surface area contributed by atoms with Crippen LogP contribution in [0.15, 0.2) is 30.3 Å². The first-order chi connectivity index (χ1) is 15.3. The molecule has 0 bridgehead atoms. The Morgan fingerprint density at radius 2 is 1.72 bits per heavy atom. The van der Waals surface area contributed by atoms with Crippen molar-refractivity contribution in [2.75, 3.05) is 45.9 Å². The van der Waals surface area contributed by atoms with Crippen molar-refractivity contribution in [1.82, 2.24) is 9.80 Å². The van der Waals surface area contributed by atoms with Crippen molar-refractivity contribution >= 4 is 29.6 Å². The van der Waals surface area contributed by atoms with Crippen molar-refractivity contribution in [1.29, 1.82) is 0 Å². The molecule has 0 unspecified atom stereocenters. The molecule has 1 amide bonds. The van der Waals surface area contributed by atoms with E-state index in [0.29, 0.717) is 25.7 Å². The fraction of sp³-hybridized carbons (Fsp3) is 0.476. The van der Waals surface area contributed by atoms with Crippen molar-refractivity contribution in [3.05, 3.63) is 46.0 Å². The zero-order chi connectivity index (χ0) is 23.5. The van der Waals surface area contributed by atoms with Crippen LogP contribution in [-0.4, -0.2) is 88.7 Å². The fourth-order valence-corrected chi connectivity index (χ4v) is 3.38. The number of carboxylic acid groups (broad SMARTS) is 2. The van der Waals surface area contributed by atoms with E-state index in [1.165, 1.54) is 6.07 Å². The molecule has 2 heterocycles. The van der Waals surface area contributed by atoms with Crippen LogP contribution >= 0.6 is 0 Å². The van der Waals surface area contributed by atoms with Gasteiger partial charge in [-0.15, -0.1) is 0 Å². The van der Waals surface area contributed by atoms with E-state index in [9.17, 15) is 14.9 Å². The summed E-state index contributed by atoms with van der Waals surface area (Å²) < 4.78 is 5.31. The number of non-ortho nitro benzene ring substituents is 1. The van der Waals surface area contributed by atoms with Gasteiger partial charge in [0, 0.05) is 38.3 Å². The molecular formula is C21H27N3O8. The van der Waals surface area contributed by atoms with Crippen LogP contribution in [0.1, 0.15) is 18.4 Å². The molecule has 0 atom stereocenters. The van der Waals surface area contributed by atoms with Gasteiger partial charge >= 0.3 is 11.9 Å². The number of carbonyl (C=O) groups excluding carboxylic acids is 1. The minimum absolute atomic E-state index is 0.107. The molecule has 1 aromatic rings. The lowest BCUT2D eigenvalue weighted by Crippen LogP contribution is -2.46. The summed E-state index contributed by atoms with van der Waals surface area (Å²) in [5.41, 5.74) is 0.945. The maximum Gasteiger partial charge on any atom is 0.414 e. The maximum absolute atomic E-state index is 12.4. The normalized spacial score (nSPS) is 17.4. The van der Waals surface area contributed by atoms with Gasteiger partial charge in [0.1, 0.15) is 0 Å². The molecule has 0 radical (unpaired) electrons. The molecule has 174 valence electrons. The molecule has 11 heteroatoms. The van der Waals surface area contributed by atoms with Crippen molar-refractivity contribution < 1.29 is 34.3 Å². The molecule has 32 heavy (non-hydrogen) atoms. The monoisotopic (exact) mass is 449 g/mol. The highest BCUT2D eigenvalue weighted by molar-refractivity contribution is 6.27. The first-order valence-electron chi connectivity index (χ1n) is 10.2. The van der Waals surface area contributed by atoms with E-state index in [2.05, 4.69) is 11.0 Å². The van der Waals surface area contributed by atoms with Crippen LogP contribution in [0.25, 0.3) is 6.08 Å². The Kier molecular flexibility index (Phi) is 9.76. The second-order valence-electron chi connectivity index (χ2n) is 7.43. The predicted molar refractivity (Wildman–Crippen MR) is 114 cm³/mol. The number of morpholine rings is 1. The Labute approximate surface area is 185 Å². The number of benzene rings is 1. The van der Waals surface area contributed by atoms with Gasteiger partial charge in [-0.1, -0.05) is 24.3 Å². The van der Waals surface area contributed by atoms with E-state index < -0.39 is 11.9 Å². The zero-order valence-electron chi connectivity index (χ0n) is 17.6. The number of aliphatic carboxylic acids is 2. The van der Waals surface area contributed by atoms with Gasteiger partial charge in [-0.3, -0.25) is 19.8 Å². The number of amides is 1. The summed E-state index contributed by atoms with van der Waals surface area (Å²) in [7, 11) is 0. The van der Waals surface area contributed by atoms with Gasteiger partial charge in [-0.05, 0) is 24.3 Å². The van der Waals surface area contributed by atoms with Crippen LogP contribution in [0, 0.1) is 16.0 Å². The number of carbonyl (C=O) groups is 3. The Balaban J connectivity index is 0.000000534. The number of rotatable bonds is 5. The van der Waals surface area contributed by atoms with Crippen LogP contribution in [-0.2, 0) is 19.1 Å². The highest BCUT2D eigenvalue weighted by Gasteiger charge is 2.23. The van der Waals surface area contributed by atoms with Gasteiger partial charge in [0.2, 0.25) is 5.91 Å².